The number of hydrogen-bond acceptors (Lipinski definition) is 3. The molecule has 3 aliphatic rings. The van der Waals surface area contributed by atoms with Crippen LogP contribution in [0.4, 0.5) is 18.9 Å². The molecule has 0 radical (unpaired) electrons. The number of fused-ring (bicyclic) bond motifs is 5. The Hall–Kier alpha value is -2.64. The molecule has 26 heavy (non-hydrogen) atoms. The maximum atomic E-state index is 13.3. The van der Waals surface area contributed by atoms with Gasteiger partial charge in [0, 0.05) is 5.56 Å². The lowest BCUT2D eigenvalue weighted by atomic mass is 9.68. The van der Waals surface area contributed by atoms with E-state index in [-0.39, 0.29) is 11.6 Å². The summed E-state index contributed by atoms with van der Waals surface area (Å²) in [4.78, 5) is 37.5. The molecule has 1 fully saturated rings. The van der Waals surface area contributed by atoms with Crippen molar-refractivity contribution in [1.29, 1.82) is 0 Å². The first-order valence-electron chi connectivity index (χ1n) is 8.19. The maximum Gasteiger partial charge on any atom is 0.471 e. The van der Waals surface area contributed by atoms with Gasteiger partial charge in [-0.05, 0) is 24.5 Å². The summed E-state index contributed by atoms with van der Waals surface area (Å²) in [7, 11) is 0. The Morgan fingerprint density at radius 3 is 2.38 bits per heavy atom. The van der Waals surface area contributed by atoms with E-state index in [0.29, 0.717) is 16.0 Å². The van der Waals surface area contributed by atoms with Crippen LogP contribution in [-0.2, 0) is 14.4 Å². The summed E-state index contributed by atoms with van der Waals surface area (Å²) in [6.07, 6.45) is -5.09. The average Bonchev–Trinajstić information content (AvgIpc) is 3.05. The highest BCUT2D eigenvalue weighted by molar-refractivity contribution is 6.13. The molecule has 3 amide bonds. The third kappa shape index (κ3) is 2.01. The number of amides is 3. The molecule has 1 unspecified atom stereocenters. The van der Waals surface area contributed by atoms with Crippen molar-refractivity contribution >= 4 is 29.0 Å². The van der Waals surface area contributed by atoms with E-state index in [1.54, 1.807) is 32.0 Å². The number of hydrogen-bond donors (Lipinski definition) is 1. The molecule has 0 saturated carbocycles. The van der Waals surface area contributed by atoms with Crippen LogP contribution in [0.15, 0.2) is 29.8 Å². The van der Waals surface area contributed by atoms with E-state index in [2.05, 4.69) is 5.32 Å². The normalized spacial score (nSPS) is 30.1. The van der Waals surface area contributed by atoms with Crippen LogP contribution in [0.5, 0.6) is 0 Å². The first-order valence-corrected chi connectivity index (χ1v) is 8.19. The molecule has 1 aliphatic carbocycles. The van der Waals surface area contributed by atoms with Crippen molar-refractivity contribution in [2.24, 2.45) is 17.8 Å². The highest BCUT2D eigenvalue weighted by Crippen LogP contribution is 2.54. The summed E-state index contributed by atoms with van der Waals surface area (Å²) in [5.74, 6) is -5.29. The third-order valence-corrected chi connectivity index (χ3v) is 5.71. The van der Waals surface area contributed by atoms with Crippen molar-refractivity contribution in [2.45, 2.75) is 26.1 Å². The van der Waals surface area contributed by atoms with E-state index in [0.717, 1.165) is 5.57 Å². The molecule has 4 atom stereocenters. The van der Waals surface area contributed by atoms with Gasteiger partial charge < -0.3 is 0 Å². The molecule has 5 nitrogen and oxygen atoms in total. The molecule has 0 bridgehead atoms. The van der Waals surface area contributed by atoms with Gasteiger partial charge >= 0.3 is 12.1 Å². The number of nitrogens with one attached hydrogen (secondary N) is 1. The first kappa shape index (κ1) is 16.8. The molecule has 136 valence electrons. The lowest BCUT2D eigenvalue weighted by Gasteiger charge is -2.38. The number of imide groups is 1. The number of allylic oxidation sites excluding steroid dienone is 1. The molecule has 0 aromatic heterocycles. The fraction of sp³-hybridized carbons (Fsp3) is 0.389. The minimum Gasteiger partial charge on any atom is -0.296 e. The Kier molecular flexibility index (Phi) is 3.35. The van der Waals surface area contributed by atoms with Crippen molar-refractivity contribution in [3.63, 3.8) is 0 Å². The van der Waals surface area contributed by atoms with E-state index in [1.807, 2.05) is 0 Å². The van der Waals surface area contributed by atoms with Crippen LogP contribution in [-0.4, -0.2) is 29.9 Å². The second kappa shape index (κ2) is 5.18. The number of carbonyl (C=O) groups is 3. The number of halogens is 3. The Balaban J connectivity index is 1.99. The lowest BCUT2D eigenvalue weighted by Crippen LogP contribution is -2.53. The Labute approximate surface area is 146 Å². The molecule has 2 heterocycles. The predicted molar refractivity (Wildman–Crippen MR) is 85.7 cm³/mol. The van der Waals surface area contributed by atoms with Gasteiger partial charge in [0.2, 0.25) is 11.8 Å². The zero-order valence-electron chi connectivity index (χ0n) is 13.9. The summed E-state index contributed by atoms with van der Waals surface area (Å²) < 4.78 is 39.8. The van der Waals surface area contributed by atoms with Gasteiger partial charge in [-0.15, -0.1) is 0 Å². The van der Waals surface area contributed by atoms with Crippen molar-refractivity contribution in [2.75, 3.05) is 4.90 Å². The molecule has 4 rings (SSSR count). The topological polar surface area (TPSA) is 66.5 Å². The average molecular weight is 364 g/mol. The highest BCUT2D eigenvalue weighted by Gasteiger charge is 2.60. The van der Waals surface area contributed by atoms with Crippen LogP contribution in [0, 0.1) is 17.8 Å². The first-order chi connectivity index (χ1) is 12.1. The smallest absolute Gasteiger partial charge is 0.296 e. The number of nitrogens with zero attached hydrogens (tertiary/aromatic N) is 1. The Bertz CT molecular complexity index is 890. The number of para-hydroxylation sites is 1. The number of alkyl halides is 3. The molecule has 0 spiro atoms. The molecule has 1 aromatic rings. The van der Waals surface area contributed by atoms with Crippen molar-refractivity contribution in [1.82, 2.24) is 5.32 Å². The second-order valence-electron chi connectivity index (χ2n) is 6.93. The van der Waals surface area contributed by atoms with Crippen LogP contribution in [0.3, 0.4) is 0 Å². The quantitative estimate of drug-likeness (QED) is 0.719. The van der Waals surface area contributed by atoms with Crippen LogP contribution in [0.1, 0.15) is 19.4 Å². The van der Waals surface area contributed by atoms with Gasteiger partial charge in [0.15, 0.2) is 0 Å². The Morgan fingerprint density at radius 2 is 1.73 bits per heavy atom. The van der Waals surface area contributed by atoms with Gasteiger partial charge in [-0.3, -0.25) is 24.6 Å². The van der Waals surface area contributed by atoms with E-state index >= 15 is 0 Å². The summed E-state index contributed by atoms with van der Waals surface area (Å²) >= 11 is 0. The molecular formula is C18H15F3N2O3. The third-order valence-electron chi connectivity index (χ3n) is 5.71. The van der Waals surface area contributed by atoms with E-state index in [1.165, 1.54) is 6.07 Å². The van der Waals surface area contributed by atoms with Crippen molar-refractivity contribution in [3.8, 4) is 0 Å². The molecule has 1 N–H and O–H groups in total. The van der Waals surface area contributed by atoms with Crippen LogP contribution in [0.25, 0.3) is 5.57 Å². The van der Waals surface area contributed by atoms with Crippen molar-refractivity contribution in [3.05, 3.63) is 35.4 Å². The minimum absolute atomic E-state index is 0.120. The minimum atomic E-state index is -5.09. The fourth-order valence-corrected chi connectivity index (χ4v) is 4.51. The fourth-order valence-electron chi connectivity index (χ4n) is 4.51. The summed E-state index contributed by atoms with van der Waals surface area (Å²) in [6, 6.07) is 5.17. The number of benzene rings is 1. The van der Waals surface area contributed by atoms with E-state index in [9.17, 15) is 27.6 Å². The zero-order chi connectivity index (χ0) is 19.0. The Morgan fingerprint density at radius 1 is 1.12 bits per heavy atom. The van der Waals surface area contributed by atoms with Crippen molar-refractivity contribution < 1.29 is 27.6 Å². The lowest BCUT2D eigenvalue weighted by molar-refractivity contribution is -0.171. The van der Waals surface area contributed by atoms with Crippen LogP contribution < -0.4 is 10.2 Å². The summed E-state index contributed by atoms with van der Waals surface area (Å²) in [5.41, 5.74) is 1.89. The van der Waals surface area contributed by atoms with Crippen LogP contribution in [0.2, 0.25) is 0 Å². The molecule has 1 aromatic carbocycles. The van der Waals surface area contributed by atoms with Gasteiger partial charge in [0.25, 0.3) is 0 Å². The number of anilines is 1. The molecule has 2 aliphatic heterocycles. The van der Waals surface area contributed by atoms with E-state index < -0.39 is 41.8 Å². The predicted octanol–water partition coefficient (Wildman–Crippen LogP) is 2.28. The van der Waals surface area contributed by atoms with Gasteiger partial charge in [0.05, 0.1) is 23.6 Å². The molecule has 1 saturated heterocycles. The molecule has 8 heteroatoms. The summed E-state index contributed by atoms with van der Waals surface area (Å²) in [6.45, 7) is 3.53. The molecular weight excluding hydrogens is 349 g/mol. The SMILES string of the molecule is CC1=C2c3ccccc3N(C(=O)C(F)(F)F)C2[C@H]2C(=O)NC(=O)[C@H]2[C@H]1C. The van der Waals surface area contributed by atoms with Gasteiger partial charge in [0.1, 0.15) is 0 Å². The number of carbonyl (C=O) groups excluding carboxylic acids is 3. The monoisotopic (exact) mass is 364 g/mol. The van der Waals surface area contributed by atoms with Gasteiger partial charge in [-0.25, -0.2) is 0 Å². The standard InChI is InChI=1S/C18H15F3N2O3/c1-7-8(2)12-13(16(25)22-15(12)24)14-11(7)9-5-3-4-6-10(9)23(14)17(26)18(19,20)21/h3-6,8,12-14H,1-2H3,(H,22,24,25)/t8-,12-,13-,14?/m0/s1. The highest BCUT2D eigenvalue weighted by atomic mass is 19.4. The van der Waals surface area contributed by atoms with Gasteiger partial charge in [-0.2, -0.15) is 13.2 Å². The summed E-state index contributed by atoms with van der Waals surface area (Å²) in [5, 5.41) is 2.22. The maximum absolute atomic E-state index is 13.3. The zero-order valence-corrected chi connectivity index (χ0v) is 13.9. The largest absolute Gasteiger partial charge is 0.471 e. The van der Waals surface area contributed by atoms with Gasteiger partial charge in [-0.1, -0.05) is 30.7 Å². The van der Waals surface area contributed by atoms with Crippen LogP contribution >= 0.6 is 0 Å². The second-order valence-corrected chi connectivity index (χ2v) is 6.93. The number of rotatable bonds is 0. The van der Waals surface area contributed by atoms with E-state index in [4.69, 9.17) is 0 Å².